The number of anilines is 1. The molecule has 3 rings (SSSR count). The van der Waals surface area contributed by atoms with Gasteiger partial charge in [0.15, 0.2) is 11.5 Å². The van der Waals surface area contributed by atoms with Gasteiger partial charge in [-0.15, -0.1) is 0 Å². The van der Waals surface area contributed by atoms with Gasteiger partial charge in [-0.2, -0.15) is 13.2 Å². The summed E-state index contributed by atoms with van der Waals surface area (Å²) in [5.74, 6) is 0.202. The average molecular weight is 320 g/mol. The molecule has 0 fully saturated rings. The average Bonchev–Trinajstić information content (AvgIpc) is 2.55. The van der Waals surface area contributed by atoms with E-state index >= 15 is 0 Å². The molecular formula is C16H15F3N4. The molecule has 2 aromatic rings. The smallest absolute Gasteiger partial charge is 0.367 e. The number of halogens is 3. The van der Waals surface area contributed by atoms with Gasteiger partial charge in [0.25, 0.3) is 0 Å². The van der Waals surface area contributed by atoms with Gasteiger partial charge in [0, 0.05) is 30.1 Å². The molecule has 120 valence electrons. The molecule has 2 heterocycles. The van der Waals surface area contributed by atoms with Crippen LogP contribution in [-0.2, 0) is 6.18 Å². The normalized spacial score (nSPS) is 18.0. The molecule has 0 radical (unpaired) electrons. The zero-order valence-corrected chi connectivity index (χ0v) is 12.2. The van der Waals surface area contributed by atoms with Crippen LogP contribution >= 0.6 is 0 Å². The molecule has 1 aliphatic carbocycles. The maximum atomic E-state index is 13.1. The van der Waals surface area contributed by atoms with Gasteiger partial charge in [-0.25, -0.2) is 9.97 Å². The molecule has 0 saturated heterocycles. The Bertz CT molecular complexity index is 698. The maximum Gasteiger partial charge on any atom is 0.433 e. The standard InChI is InChI=1S/C16H15F3N4/c17-16(18,19)13-9-14(21-12-6-2-1-3-7-12)23-15(22-13)11-5-4-8-20-10-11/h1-2,4-5,8-10,12H,3,6-7H2,(H,21,22,23). The van der Waals surface area contributed by atoms with Crippen LogP contribution in [0, 0.1) is 0 Å². The van der Waals surface area contributed by atoms with Crippen LogP contribution in [0.25, 0.3) is 11.4 Å². The second-order valence-electron chi connectivity index (χ2n) is 5.33. The van der Waals surface area contributed by atoms with Crippen molar-refractivity contribution in [3.8, 4) is 11.4 Å². The molecule has 2 aromatic heterocycles. The van der Waals surface area contributed by atoms with E-state index in [1.54, 1.807) is 18.3 Å². The van der Waals surface area contributed by atoms with Crippen LogP contribution in [0.2, 0.25) is 0 Å². The van der Waals surface area contributed by atoms with E-state index in [2.05, 4.69) is 26.3 Å². The predicted octanol–water partition coefficient (Wildman–Crippen LogP) is 4.08. The molecule has 1 atom stereocenters. The SMILES string of the molecule is FC(F)(F)c1cc(NC2CC=CCC2)nc(-c2cccnc2)n1. The van der Waals surface area contributed by atoms with Gasteiger partial charge in [-0.1, -0.05) is 12.2 Å². The minimum Gasteiger partial charge on any atom is -0.367 e. The van der Waals surface area contributed by atoms with Crippen LogP contribution in [-0.4, -0.2) is 21.0 Å². The first-order chi connectivity index (χ1) is 11.0. The van der Waals surface area contributed by atoms with Crippen molar-refractivity contribution < 1.29 is 13.2 Å². The van der Waals surface area contributed by atoms with Crippen molar-refractivity contribution >= 4 is 5.82 Å². The molecule has 0 aromatic carbocycles. The zero-order chi connectivity index (χ0) is 16.3. The van der Waals surface area contributed by atoms with Crippen molar-refractivity contribution in [3.63, 3.8) is 0 Å². The number of nitrogens with zero attached hydrogens (tertiary/aromatic N) is 3. The summed E-state index contributed by atoms with van der Waals surface area (Å²) >= 11 is 0. The highest BCUT2D eigenvalue weighted by Crippen LogP contribution is 2.31. The fraction of sp³-hybridized carbons (Fsp3) is 0.312. The van der Waals surface area contributed by atoms with Gasteiger partial charge >= 0.3 is 6.18 Å². The Kier molecular flexibility index (Phi) is 4.27. The minimum atomic E-state index is -4.53. The first-order valence-corrected chi connectivity index (χ1v) is 7.30. The van der Waals surface area contributed by atoms with Crippen molar-refractivity contribution in [2.45, 2.75) is 31.5 Å². The van der Waals surface area contributed by atoms with E-state index in [4.69, 9.17) is 0 Å². The quantitative estimate of drug-likeness (QED) is 0.866. The number of allylic oxidation sites excluding steroid dienone is 1. The van der Waals surface area contributed by atoms with Crippen LogP contribution < -0.4 is 5.32 Å². The van der Waals surface area contributed by atoms with Gasteiger partial charge < -0.3 is 5.32 Å². The first kappa shape index (κ1) is 15.5. The summed E-state index contributed by atoms with van der Waals surface area (Å²) in [6.07, 6.45) is 5.10. The number of nitrogens with one attached hydrogen (secondary N) is 1. The van der Waals surface area contributed by atoms with Gasteiger partial charge in [0.1, 0.15) is 5.82 Å². The molecule has 23 heavy (non-hydrogen) atoms. The third kappa shape index (κ3) is 3.85. The summed E-state index contributed by atoms with van der Waals surface area (Å²) in [5, 5.41) is 3.08. The van der Waals surface area contributed by atoms with E-state index < -0.39 is 11.9 Å². The molecule has 0 amide bonds. The summed E-state index contributed by atoms with van der Waals surface area (Å²) < 4.78 is 39.3. The summed E-state index contributed by atoms with van der Waals surface area (Å²) in [6.45, 7) is 0. The summed E-state index contributed by atoms with van der Waals surface area (Å²) in [7, 11) is 0. The number of hydrogen-bond acceptors (Lipinski definition) is 4. The summed E-state index contributed by atoms with van der Waals surface area (Å²) in [5.41, 5.74) is -0.509. The predicted molar refractivity (Wildman–Crippen MR) is 80.7 cm³/mol. The monoisotopic (exact) mass is 320 g/mol. The summed E-state index contributed by atoms with van der Waals surface area (Å²) in [6, 6.07) is 4.31. The van der Waals surface area contributed by atoms with Gasteiger partial charge in [0.2, 0.25) is 0 Å². The Labute approximate surface area is 131 Å². The minimum absolute atomic E-state index is 0.0155. The number of aromatic nitrogens is 3. The highest BCUT2D eigenvalue weighted by molar-refractivity contribution is 5.56. The fourth-order valence-corrected chi connectivity index (χ4v) is 2.42. The van der Waals surface area contributed by atoms with E-state index in [9.17, 15) is 13.2 Å². The Balaban J connectivity index is 1.96. The second-order valence-corrected chi connectivity index (χ2v) is 5.33. The van der Waals surface area contributed by atoms with Crippen molar-refractivity contribution in [2.24, 2.45) is 0 Å². The second kappa shape index (κ2) is 6.36. The van der Waals surface area contributed by atoms with Gasteiger partial charge in [-0.05, 0) is 31.4 Å². The lowest BCUT2D eigenvalue weighted by Gasteiger charge is -2.21. The molecule has 1 aliphatic rings. The largest absolute Gasteiger partial charge is 0.433 e. The van der Waals surface area contributed by atoms with E-state index in [-0.39, 0.29) is 17.7 Å². The zero-order valence-electron chi connectivity index (χ0n) is 12.2. The van der Waals surface area contributed by atoms with Crippen molar-refractivity contribution in [1.82, 2.24) is 15.0 Å². The van der Waals surface area contributed by atoms with Crippen LogP contribution in [0.3, 0.4) is 0 Å². The fourth-order valence-electron chi connectivity index (χ4n) is 2.42. The lowest BCUT2D eigenvalue weighted by Crippen LogP contribution is -2.22. The van der Waals surface area contributed by atoms with E-state index in [0.29, 0.717) is 5.56 Å². The molecule has 4 nitrogen and oxygen atoms in total. The highest BCUT2D eigenvalue weighted by atomic mass is 19.4. The Morgan fingerprint density at radius 2 is 2.04 bits per heavy atom. The Morgan fingerprint density at radius 3 is 2.70 bits per heavy atom. The molecule has 0 aliphatic heterocycles. The van der Waals surface area contributed by atoms with E-state index in [0.717, 1.165) is 25.3 Å². The van der Waals surface area contributed by atoms with Crippen LogP contribution in [0.4, 0.5) is 19.0 Å². The van der Waals surface area contributed by atoms with Crippen LogP contribution in [0.15, 0.2) is 42.7 Å². The number of alkyl halides is 3. The molecule has 0 saturated carbocycles. The van der Waals surface area contributed by atoms with E-state index in [1.807, 2.05) is 6.08 Å². The molecule has 7 heteroatoms. The molecule has 1 unspecified atom stereocenters. The number of hydrogen-bond donors (Lipinski definition) is 1. The lowest BCUT2D eigenvalue weighted by atomic mass is 10.0. The third-order valence-electron chi connectivity index (χ3n) is 3.56. The van der Waals surface area contributed by atoms with E-state index in [1.165, 1.54) is 6.20 Å². The topological polar surface area (TPSA) is 50.7 Å². The van der Waals surface area contributed by atoms with Crippen molar-refractivity contribution in [3.05, 3.63) is 48.4 Å². The first-order valence-electron chi connectivity index (χ1n) is 7.30. The van der Waals surface area contributed by atoms with Gasteiger partial charge in [0.05, 0.1) is 0 Å². The molecule has 1 N–H and O–H groups in total. The Hall–Kier alpha value is -2.44. The van der Waals surface area contributed by atoms with Crippen LogP contribution in [0.1, 0.15) is 25.0 Å². The summed E-state index contributed by atoms with van der Waals surface area (Å²) in [4.78, 5) is 11.8. The molecule has 0 bridgehead atoms. The van der Waals surface area contributed by atoms with Crippen molar-refractivity contribution in [1.29, 1.82) is 0 Å². The Morgan fingerprint density at radius 1 is 1.17 bits per heavy atom. The van der Waals surface area contributed by atoms with Crippen LogP contribution in [0.5, 0.6) is 0 Å². The van der Waals surface area contributed by atoms with Crippen molar-refractivity contribution in [2.75, 3.05) is 5.32 Å². The molecule has 0 spiro atoms. The highest BCUT2D eigenvalue weighted by Gasteiger charge is 2.34. The number of pyridine rings is 1. The molecular weight excluding hydrogens is 305 g/mol. The van der Waals surface area contributed by atoms with Gasteiger partial charge in [-0.3, -0.25) is 4.98 Å². The number of rotatable bonds is 3. The maximum absolute atomic E-state index is 13.1. The lowest BCUT2D eigenvalue weighted by molar-refractivity contribution is -0.141. The third-order valence-corrected chi connectivity index (χ3v) is 3.56.